The van der Waals surface area contributed by atoms with Crippen molar-refractivity contribution in [2.24, 2.45) is 0 Å². The smallest absolute Gasteiger partial charge is 0.263 e. The van der Waals surface area contributed by atoms with E-state index in [0.717, 1.165) is 17.7 Å². The molecule has 4 nitrogen and oxygen atoms in total. The number of rotatable bonds is 6. The molecule has 1 heterocycles. The molecule has 1 aliphatic rings. The molecule has 7 heteroatoms. The van der Waals surface area contributed by atoms with Gasteiger partial charge in [0.05, 0.1) is 18.3 Å². The molecule has 2 aromatic carbocycles. The summed E-state index contributed by atoms with van der Waals surface area (Å²) in [6.07, 6.45) is -2.12. The van der Waals surface area contributed by atoms with Gasteiger partial charge in [-0.2, -0.15) is 0 Å². The number of hydrogen-bond donors (Lipinski definition) is 1. The van der Waals surface area contributed by atoms with Gasteiger partial charge in [0.15, 0.2) is 0 Å². The van der Waals surface area contributed by atoms with Gasteiger partial charge in [-0.25, -0.2) is 13.2 Å². The third-order valence-electron chi connectivity index (χ3n) is 4.81. The van der Waals surface area contributed by atoms with Gasteiger partial charge in [0.25, 0.3) is 6.43 Å². The molecular formula is C21H23F3N2O2. The zero-order chi connectivity index (χ0) is 20.3. The summed E-state index contributed by atoms with van der Waals surface area (Å²) < 4.78 is 45.9. The number of carbonyl (C=O) groups is 1. The Morgan fingerprint density at radius 1 is 1.18 bits per heavy atom. The second-order valence-electron chi connectivity index (χ2n) is 6.98. The molecule has 0 bridgehead atoms. The Bertz CT molecular complexity index is 827. The number of halogens is 3. The zero-order valence-electron chi connectivity index (χ0n) is 15.8. The van der Waals surface area contributed by atoms with Gasteiger partial charge in [0, 0.05) is 25.5 Å². The van der Waals surface area contributed by atoms with E-state index in [-0.39, 0.29) is 29.3 Å². The van der Waals surface area contributed by atoms with Crippen LogP contribution in [0.15, 0.2) is 42.5 Å². The minimum absolute atomic E-state index is 0.0954. The number of alkyl halides is 2. The fourth-order valence-corrected chi connectivity index (χ4v) is 3.37. The van der Waals surface area contributed by atoms with E-state index >= 15 is 0 Å². The maximum Gasteiger partial charge on any atom is 0.263 e. The summed E-state index contributed by atoms with van der Waals surface area (Å²) >= 11 is 0. The first-order valence-electron chi connectivity index (χ1n) is 9.19. The molecule has 2 aromatic rings. The zero-order valence-corrected chi connectivity index (χ0v) is 15.8. The Balaban J connectivity index is 1.62. The van der Waals surface area contributed by atoms with Crippen molar-refractivity contribution >= 4 is 11.6 Å². The average Bonchev–Trinajstić information content (AvgIpc) is 3.10. The quantitative estimate of drug-likeness (QED) is 0.780. The Morgan fingerprint density at radius 3 is 2.50 bits per heavy atom. The highest BCUT2D eigenvalue weighted by Gasteiger charge is 2.27. The topological polar surface area (TPSA) is 41.6 Å². The summed E-state index contributed by atoms with van der Waals surface area (Å²) in [5.74, 6) is 0.0656. The van der Waals surface area contributed by atoms with Crippen molar-refractivity contribution in [2.75, 3.05) is 18.0 Å². The third kappa shape index (κ3) is 4.77. The second kappa shape index (κ2) is 8.54. The molecule has 0 saturated carbocycles. The molecule has 0 radical (unpaired) electrons. The minimum Gasteiger partial charge on any atom is -0.489 e. The van der Waals surface area contributed by atoms with E-state index in [4.69, 9.17) is 4.74 Å². The van der Waals surface area contributed by atoms with Crippen LogP contribution < -0.4 is 15.0 Å². The molecule has 0 aromatic heterocycles. The van der Waals surface area contributed by atoms with Crippen LogP contribution in [0.2, 0.25) is 0 Å². The Labute approximate surface area is 162 Å². The second-order valence-corrected chi connectivity index (χ2v) is 6.98. The van der Waals surface area contributed by atoms with Crippen LogP contribution in [0.1, 0.15) is 43.9 Å². The van der Waals surface area contributed by atoms with Gasteiger partial charge in [-0.1, -0.05) is 18.2 Å². The summed E-state index contributed by atoms with van der Waals surface area (Å²) in [6.45, 7) is 4.33. The predicted molar refractivity (Wildman–Crippen MR) is 101 cm³/mol. The van der Waals surface area contributed by atoms with Crippen molar-refractivity contribution in [1.29, 1.82) is 0 Å². The largest absolute Gasteiger partial charge is 0.489 e. The van der Waals surface area contributed by atoms with Crippen molar-refractivity contribution in [3.63, 3.8) is 0 Å². The number of ether oxygens (including phenoxy) is 1. The number of carbonyl (C=O) groups excluding carboxylic acids is 1. The lowest BCUT2D eigenvalue weighted by atomic mass is 10.1. The molecule has 3 rings (SSSR count). The van der Waals surface area contributed by atoms with Gasteiger partial charge in [0.2, 0.25) is 5.91 Å². The van der Waals surface area contributed by atoms with Crippen molar-refractivity contribution in [1.82, 2.24) is 5.32 Å². The lowest BCUT2D eigenvalue weighted by molar-refractivity contribution is -0.119. The summed E-state index contributed by atoms with van der Waals surface area (Å²) in [5, 5.41) is 2.82. The highest BCUT2D eigenvalue weighted by molar-refractivity contribution is 5.73. The Hall–Kier alpha value is -2.70. The Morgan fingerprint density at radius 2 is 1.86 bits per heavy atom. The molecule has 0 aliphatic carbocycles. The molecule has 2 atom stereocenters. The maximum atomic E-state index is 14.1. The van der Waals surface area contributed by atoms with E-state index in [1.807, 2.05) is 31.2 Å². The number of amides is 1. The molecular weight excluding hydrogens is 369 g/mol. The van der Waals surface area contributed by atoms with Crippen molar-refractivity contribution in [3.8, 4) is 5.75 Å². The molecule has 1 fully saturated rings. The predicted octanol–water partition coefficient (Wildman–Crippen LogP) is 4.62. The monoisotopic (exact) mass is 392 g/mol. The molecule has 1 saturated heterocycles. The van der Waals surface area contributed by atoms with Crippen LogP contribution in [-0.4, -0.2) is 25.1 Å². The van der Waals surface area contributed by atoms with Crippen LogP contribution in [0, 0.1) is 5.82 Å². The van der Waals surface area contributed by atoms with E-state index in [2.05, 4.69) is 5.32 Å². The minimum atomic E-state index is -2.63. The fraction of sp³-hybridized carbons (Fsp3) is 0.381. The van der Waals surface area contributed by atoms with Crippen LogP contribution in [0.5, 0.6) is 5.75 Å². The lowest BCUT2D eigenvalue weighted by Gasteiger charge is -2.20. The normalized spacial score (nSPS) is 17.6. The number of nitrogens with one attached hydrogen (secondary N) is 1. The Kier molecular flexibility index (Phi) is 6.11. The number of anilines is 1. The summed E-state index contributed by atoms with van der Waals surface area (Å²) in [6, 6.07) is 10.7. The lowest BCUT2D eigenvalue weighted by Crippen LogP contribution is -2.25. The van der Waals surface area contributed by atoms with Gasteiger partial charge < -0.3 is 15.0 Å². The van der Waals surface area contributed by atoms with Crippen LogP contribution in [-0.2, 0) is 4.79 Å². The SMILES string of the molecule is CC(=O)N[C@@H](C)c1ccc(OC2CCN(c3cc(C(F)F)ccc3F)C2)cc1. The van der Waals surface area contributed by atoms with E-state index in [1.54, 1.807) is 4.90 Å². The summed E-state index contributed by atoms with van der Waals surface area (Å²) in [5.41, 5.74) is 0.953. The van der Waals surface area contributed by atoms with Crippen LogP contribution in [0.3, 0.4) is 0 Å². The van der Waals surface area contributed by atoms with Crippen molar-refractivity contribution < 1.29 is 22.7 Å². The van der Waals surface area contributed by atoms with E-state index in [0.29, 0.717) is 25.3 Å². The summed E-state index contributed by atoms with van der Waals surface area (Å²) in [7, 11) is 0. The molecule has 1 aliphatic heterocycles. The summed E-state index contributed by atoms with van der Waals surface area (Å²) in [4.78, 5) is 12.9. The third-order valence-corrected chi connectivity index (χ3v) is 4.81. The molecule has 28 heavy (non-hydrogen) atoms. The van der Waals surface area contributed by atoms with Gasteiger partial charge in [0.1, 0.15) is 17.7 Å². The highest BCUT2D eigenvalue weighted by Crippen LogP contribution is 2.30. The molecule has 150 valence electrons. The van der Waals surface area contributed by atoms with Gasteiger partial charge in [-0.05, 0) is 36.8 Å². The molecule has 1 N–H and O–H groups in total. The molecule has 0 spiro atoms. The maximum absolute atomic E-state index is 14.1. The number of nitrogens with zero attached hydrogens (tertiary/aromatic N) is 1. The van der Waals surface area contributed by atoms with Crippen molar-refractivity contribution in [3.05, 3.63) is 59.4 Å². The van der Waals surface area contributed by atoms with Crippen LogP contribution in [0.4, 0.5) is 18.9 Å². The standard InChI is InChI=1S/C21H23F3N2O2/c1-13(25-14(2)27)15-3-6-17(7-4-15)28-18-9-10-26(12-18)20-11-16(21(23)24)5-8-19(20)22/h3-8,11,13,18,21H,9-10,12H2,1-2H3,(H,25,27)/t13-,18?/m0/s1. The first kappa shape index (κ1) is 20.0. The number of hydrogen-bond acceptors (Lipinski definition) is 3. The molecule has 1 unspecified atom stereocenters. The van der Waals surface area contributed by atoms with Gasteiger partial charge in [-0.15, -0.1) is 0 Å². The highest BCUT2D eigenvalue weighted by atomic mass is 19.3. The molecule has 1 amide bonds. The fourth-order valence-electron chi connectivity index (χ4n) is 3.37. The van der Waals surface area contributed by atoms with E-state index < -0.39 is 12.2 Å². The van der Waals surface area contributed by atoms with E-state index in [1.165, 1.54) is 13.0 Å². The van der Waals surface area contributed by atoms with Gasteiger partial charge >= 0.3 is 0 Å². The van der Waals surface area contributed by atoms with Crippen molar-refractivity contribution in [2.45, 2.75) is 38.8 Å². The number of benzene rings is 2. The first-order chi connectivity index (χ1) is 13.3. The van der Waals surface area contributed by atoms with E-state index in [9.17, 15) is 18.0 Å². The average molecular weight is 392 g/mol. The first-order valence-corrected chi connectivity index (χ1v) is 9.19. The van der Waals surface area contributed by atoms with Crippen LogP contribution >= 0.6 is 0 Å². The van der Waals surface area contributed by atoms with Gasteiger partial charge in [-0.3, -0.25) is 4.79 Å². The van der Waals surface area contributed by atoms with Crippen LogP contribution in [0.25, 0.3) is 0 Å².